The van der Waals surface area contributed by atoms with Crippen molar-refractivity contribution in [3.05, 3.63) is 64.0 Å². The van der Waals surface area contributed by atoms with Crippen molar-refractivity contribution < 1.29 is 28.1 Å². The minimum atomic E-state index is -4.80. The molecule has 4 N–H and O–H groups in total. The highest BCUT2D eigenvalue weighted by Crippen LogP contribution is 2.27. The molecule has 0 amide bonds. The SMILES string of the molecule is CC1=NN(c2ccccc2)C(O)C1NC1=CC([N+](=O)[O-])=CC(S(=O)(=O)O)[C@H]1O. The van der Waals surface area contributed by atoms with Gasteiger partial charge in [0.25, 0.3) is 15.8 Å². The zero-order chi connectivity index (χ0) is 20.6. The molecule has 11 nitrogen and oxygen atoms in total. The van der Waals surface area contributed by atoms with E-state index in [1.54, 1.807) is 37.3 Å². The maximum Gasteiger partial charge on any atom is 0.274 e. The molecule has 1 heterocycles. The van der Waals surface area contributed by atoms with Crippen LogP contribution in [0.3, 0.4) is 0 Å². The van der Waals surface area contributed by atoms with Gasteiger partial charge in [0.2, 0.25) is 0 Å². The van der Waals surface area contributed by atoms with Crippen molar-refractivity contribution in [1.29, 1.82) is 0 Å². The van der Waals surface area contributed by atoms with Crippen molar-refractivity contribution >= 4 is 21.5 Å². The van der Waals surface area contributed by atoms with Crippen LogP contribution < -0.4 is 10.3 Å². The number of benzene rings is 1. The summed E-state index contributed by atoms with van der Waals surface area (Å²) >= 11 is 0. The number of nitro groups is 1. The quantitative estimate of drug-likeness (QED) is 0.293. The third kappa shape index (κ3) is 3.75. The number of aliphatic hydroxyl groups excluding tert-OH is 2. The van der Waals surface area contributed by atoms with Crippen LogP contribution in [0.5, 0.6) is 0 Å². The first kappa shape index (κ1) is 19.9. The molecule has 0 radical (unpaired) electrons. The highest BCUT2D eigenvalue weighted by molar-refractivity contribution is 7.86. The lowest BCUT2D eigenvalue weighted by Crippen LogP contribution is -2.50. The van der Waals surface area contributed by atoms with Crippen LogP contribution in [0.4, 0.5) is 5.69 Å². The fourth-order valence-electron chi connectivity index (χ4n) is 3.02. The molecule has 0 saturated carbocycles. The van der Waals surface area contributed by atoms with Crippen LogP contribution in [0.1, 0.15) is 6.92 Å². The maximum absolute atomic E-state index is 11.5. The molecule has 150 valence electrons. The Balaban J connectivity index is 1.89. The van der Waals surface area contributed by atoms with Crippen LogP contribution >= 0.6 is 0 Å². The second kappa shape index (κ2) is 7.31. The number of anilines is 1. The molecule has 0 fully saturated rings. The van der Waals surface area contributed by atoms with E-state index in [2.05, 4.69) is 10.4 Å². The Kier molecular flexibility index (Phi) is 5.21. The molecule has 1 aromatic carbocycles. The highest BCUT2D eigenvalue weighted by atomic mass is 32.2. The van der Waals surface area contributed by atoms with E-state index >= 15 is 0 Å². The second-order valence-electron chi connectivity index (χ2n) is 6.33. The zero-order valence-electron chi connectivity index (χ0n) is 14.6. The Morgan fingerprint density at radius 1 is 1.25 bits per heavy atom. The number of aliphatic hydroxyl groups is 2. The Morgan fingerprint density at radius 3 is 2.46 bits per heavy atom. The van der Waals surface area contributed by atoms with Gasteiger partial charge in [-0.05, 0) is 19.1 Å². The topological polar surface area (TPSA) is 166 Å². The van der Waals surface area contributed by atoms with Gasteiger partial charge in [-0.3, -0.25) is 14.7 Å². The van der Waals surface area contributed by atoms with Crippen molar-refractivity contribution in [1.82, 2.24) is 5.32 Å². The van der Waals surface area contributed by atoms with Gasteiger partial charge >= 0.3 is 0 Å². The summed E-state index contributed by atoms with van der Waals surface area (Å²) in [6.45, 7) is 1.60. The molecule has 1 aliphatic carbocycles. The molecule has 1 aromatic rings. The lowest BCUT2D eigenvalue weighted by molar-refractivity contribution is -0.419. The average molecular weight is 410 g/mol. The molecule has 28 heavy (non-hydrogen) atoms. The standard InChI is InChI=1S/C16H18N4O7S/c1-9-14(16(22)19(18-9)10-5-3-2-4-6-10)17-12-7-11(20(23)24)8-13(15(12)21)28(25,26)27/h2-8,13-17,21-22H,1H3,(H,25,26,27)/t13?,14?,15-,16?/m0/s1. The molecule has 1 aliphatic heterocycles. The van der Waals surface area contributed by atoms with Gasteiger partial charge in [-0.15, -0.1) is 0 Å². The minimum Gasteiger partial charge on any atom is -0.385 e. The summed E-state index contributed by atoms with van der Waals surface area (Å²) in [4.78, 5) is 10.3. The van der Waals surface area contributed by atoms with E-state index in [1.165, 1.54) is 5.01 Å². The first-order chi connectivity index (χ1) is 13.1. The van der Waals surface area contributed by atoms with Gasteiger partial charge in [0.1, 0.15) is 17.4 Å². The molecule has 12 heteroatoms. The van der Waals surface area contributed by atoms with E-state index in [9.17, 15) is 33.3 Å². The number of hydrogen-bond donors (Lipinski definition) is 4. The molecule has 0 saturated heterocycles. The predicted molar refractivity (Wildman–Crippen MR) is 99.5 cm³/mol. The molecule has 3 unspecified atom stereocenters. The Bertz CT molecular complexity index is 974. The first-order valence-electron chi connectivity index (χ1n) is 8.15. The van der Waals surface area contributed by atoms with Gasteiger partial charge in [0.05, 0.1) is 16.3 Å². The van der Waals surface area contributed by atoms with Gasteiger partial charge in [0, 0.05) is 17.8 Å². The monoisotopic (exact) mass is 410 g/mol. The maximum atomic E-state index is 11.5. The summed E-state index contributed by atoms with van der Waals surface area (Å²) in [6, 6.07) is 7.87. The van der Waals surface area contributed by atoms with Crippen molar-refractivity contribution in [3.63, 3.8) is 0 Å². The number of allylic oxidation sites excluding steroid dienone is 1. The van der Waals surface area contributed by atoms with Gasteiger partial charge < -0.3 is 15.5 Å². The smallest absolute Gasteiger partial charge is 0.274 e. The number of hydrazone groups is 1. The summed E-state index contributed by atoms with van der Waals surface area (Å²) in [7, 11) is -4.80. The number of rotatable bonds is 5. The van der Waals surface area contributed by atoms with E-state index in [4.69, 9.17) is 0 Å². The van der Waals surface area contributed by atoms with Crippen molar-refractivity contribution in [3.8, 4) is 0 Å². The number of nitrogens with one attached hydrogen (secondary N) is 1. The summed E-state index contributed by atoms with van der Waals surface area (Å²) in [6.07, 6.45) is -1.39. The fraction of sp³-hybridized carbons (Fsp3) is 0.312. The molecule has 3 rings (SSSR count). The van der Waals surface area contributed by atoms with Crippen LogP contribution in [0.15, 0.2) is 59.0 Å². The number of hydrogen-bond acceptors (Lipinski definition) is 9. The summed E-state index contributed by atoms with van der Waals surface area (Å²) in [5.74, 6) is 0. The lowest BCUT2D eigenvalue weighted by atomic mass is 10.0. The van der Waals surface area contributed by atoms with Gasteiger partial charge in [-0.1, -0.05) is 18.2 Å². The summed E-state index contributed by atoms with van der Waals surface area (Å²) < 4.78 is 32.3. The highest BCUT2D eigenvalue weighted by Gasteiger charge is 2.41. The third-order valence-corrected chi connectivity index (χ3v) is 5.51. The minimum absolute atomic E-state index is 0.231. The van der Waals surface area contributed by atoms with E-state index in [-0.39, 0.29) is 5.70 Å². The van der Waals surface area contributed by atoms with Gasteiger partial charge in [-0.2, -0.15) is 13.5 Å². The Labute approximate surface area is 160 Å². The Morgan fingerprint density at radius 2 is 1.89 bits per heavy atom. The Hall–Kier alpha value is -2.80. The van der Waals surface area contributed by atoms with Crippen molar-refractivity contribution in [2.45, 2.75) is 30.5 Å². The second-order valence-corrected chi connectivity index (χ2v) is 7.90. The van der Waals surface area contributed by atoms with Crippen LogP contribution in [0.2, 0.25) is 0 Å². The van der Waals surface area contributed by atoms with E-state index in [0.29, 0.717) is 17.5 Å². The summed E-state index contributed by atoms with van der Waals surface area (Å²) in [5.41, 5.74) is 0.159. The van der Waals surface area contributed by atoms with Crippen LogP contribution in [0.25, 0.3) is 0 Å². The van der Waals surface area contributed by atoms with E-state index in [1.807, 2.05) is 0 Å². The number of para-hydroxylation sites is 1. The fourth-order valence-corrected chi connectivity index (χ4v) is 3.80. The zero-order valence-corrected chi connectivity index (χ0v) is 15.4. The van der Waals surface area contributed by atoms with Crippen LogP contribution in [0, 0.1) is 10.1 Å². The number of nitrogens with zero attached hydrogens (tertiary/aromatic N) is 3. The molecule has 0 aromatic heterocycles. The molecule has 2 aliphatic rings. The van der Waals surface area contributed by atoms with Crippen LogP contribution in [-0.2, 0) is 10.1 Å². The van der Waals surface area contributed by atoms with E-state index in [0.717, 1.165) is 6.08 Å². The van der Waals surface area contributed by atoms with E-state index < -0.39 is 44.4 Å². The molecular formula is C16H18N4O7S. The first-order valence-corrected chi connectivity index (χ1v) is 9.66. The van der Waals surface area contributed by atoms with Crippen LogP contribution in [-0.4, -0.2) is 57.4 Å². The lowest BCUT2D eigenvalue weighted by Gasteiger charge is -2.29. The average Bonchev–Trinajstić information content (AvgIpc) is 2.91. The normalized spacial score (nSPS) is 27.7. The van der Waals surface area contributed by atoms with Crippen molar-refractivity contribution in [2.24, 2.45) is 5.10 Å². The molecule has 0 spiro atoms. The molecule has 4 atom stereocenters. The van der Waals surface area contributed by atoms with Gasteiger partial charge in [0.15, 0.2) is 6.23 Å². The predicted octanol–water partition coefficient (Wildman–Crippen LogP) is -0.166. The third-order valence-electron chi connectivity index (χ3n) is 4.43. The van der Waals surface area contributed by atoms with Crippen molar-refractivity contribution in [2.75, 3.05) is 5.01 Å². The largest absolute Gasteiger partial charge is 0.385 e. The summed E-state index contributed by atoms with van der Waals surface area (Å²) in [5, 5.41) is 38.4. The molecular weight excluding hydrogens is 392 g/mol. The van der Waals surface area contributed by atoms with Gasteiger partial charge in [-0.25, -0.2) is 5.01 Å². The molecule has 0 bridgehead atoms.